The molecule has 0 saturated heterocycles. The second-order valence-corrected chi connectivity index (χ2v) is 9.80. The third kappa shape index (κ3) is 5.34. The van der Waals surface area contributed by atoms with Gasteiger partial charge >= 0.3 is 0 Å². The minimum Gasteiger partial charge on any atom is -0.348 e. The summed E-state index contributed by atoms with van der Waals surface area (Å²) in [5.41, 5.74) is 4.02. The lowest BCUT2D eigenvalue weighted by molar-refractivity contribution is -0.120. The number of nitrogens with one attached hydrogen (secondary N) is 1. The largest absolute Gasteiger partial charge is 0.348 e. The molecule has 5 nitrogen and oxygen atoms in total. The van der Waals surface area contributed by atoms with Gasteiger partial charge in [-0.1, -0.05) is 35.9 Å². The molecule has 32 heavy (non-hydrogen) atoms. The molecule has 1 N–H and O–H groups in total. The van der Waals surface area contributed by atoms with Crippen molar-refractivity contribution in [3.8, 4) is 0 Å². The minimum absolute atomic E-state index is 0.112. The van der Waals surface area contributed by atoms with Crippen LogP contribution in [-0.4, -0.2) is 20.9 Å². The lowest BCUT2D eigenvalue weighted by atomic mass is 10.1. The zero-order valence-corrected chi connectivity index (χ0v) is 19.4. The molecule has 0 saturated carbocycles. The maximum atomic E-state index is 13.5. The number of aryl methyl sites for hydroxylation is 3. The average molecular weight is 455 g/mol. The van der Waals surface area contributed by atoms with Crippen LogP contribution in [0.3, 0.4) is 0 Å². The second kappa shape index (κ2) is 9.53. The Morgan fingerprint density at radius 3 is 2.16 bits per heavy atom. The molecule has 0 aliphatic heterocycles. The van der Waals surface area contributed by atoms with Gasteiger partial charge in [-0.05, 0) is 80.8 Å². The van der Waals surface area contributed by atoms with Crippen molar-refractivity contribution in [1.82, 2.24) is 5.32 Å². The van der Waals surface area contributed by atoms with Gasteiger partial charge in [-0.2, -0.15) is 0 Å². The minimum atomic E-state index is -3.98. The van der Waals surface area contributed by atoms with E-state index in [9.17, 15) is 17.6 Å². The predicted octanol–water partition coefficient (Wildman–Crippen LogP) is 4.82. The highest BCUT2D eigenvalue weighted by atomic mass is 32.2. The number of carbonyl (C=O) groups excluding carboxylic acids is 1. The molecular formula is C25H27FN2O3S. The summed E-state index contributed by atoms with van der Waals surface area (Å²) < 4.78 is 41.3. The van der Waals surface area contributed by atoms with Crippen LogP contribution >= 0.6 is 0 Å². The number of nitrogens with zero attached hydrogens (tertiary/aromatic N) is 1. The fourth-order valence-electron chi connectivity index (χ4n) is 3.29. The summed E-state index contributed by atoms with van der Waals surface area (Å²) in [7, 11) is -3.98. The van der Waals surface area contributed by atoms with Crippen LogP contribution in [0, 0.1) is 26.6 Å². The topological polar surface area (TPSA) is 66.5 Å². The van der Waals surface area contributed by atoms with Gasteiger partial charge < -0.3 is 5.32 Å². The van der Waals surface area contributed by atoms with E-state index in [1.165, 1.54) is 24.3 Å². The maximum absolute atomic E-state index is 13.5. The normalized spacial score (nSPS) is 12.3. The van der Waals surface area contributed by atoms with Crippen LogP contribution in [0.15, 0.2) is 71.6 Å². The van der Waals surface area contributed by atoms with Crippen molar-refractivity contribution in [3.05, 3.63) is 94.8 Å². The van der Waals surface area contributed by atoms with Crippen LogP contribution in [-0.2, 0) is 14.8 Å². The number of hydrogen-bond donors (Lipinski definition) is 1. The molecule has 1 atom stereocenters. The first kappa shape index (κ1) is 23.5. The van der Waals surface area contributed by atoms with Crippen molar-refractivity contribution in [2.45, 2.75) is 38.6 Å². The summed E-state index contributed by atoms with van der Waals surface area (Å²) >= 11 is 0. The number of anilines is 1. The third-order valence-corrected chi connectivity index (χ3v) is 7.21. The van der Waals surface area contributed by atoms with E-state index in [4.69, 9.17) is 0 Å². The summed E-state index contributed by atoms with van der Waals surface area (Å²) in [6, 6.07) is 17.2. The Balaban J connectivity index is 1.91. The third-order valence-electron chi connectivity index (χ3n) is 5.42. The summed E-state index contributed by atoms with van der Waals surface area (Å²) in [6.45, 7) is 7.09. The summed E-state index contributed by atoms with van der Waals surface area (Å²) in [6.07, 6.45) is 0. The molecule has 7 heteroatoms. The number of rotatable bonds is 7. The summed E-state index contributed by atoms with van der Waals surface area (Å²) in [5, 5.41) is 2.81. The summed E-state index contributed by atoms with van der Waals surface area (Å²) in [5.74, 6) is -0.826. The molecule has 0 aliphatic rings. The lowest BCUT2D eigenvalue weighted by Crippen LogP contribution is -2.41. The van der Waals surface area contributed by atoms with Crippen LogP contribution in [0.5, 0.6) is 0 Å². The van der Waals surface area contributed by atoms with Crippen LogP contribution < -0.4 is 9.62 Å². The highest BCUT2D eigenvalue weighted by Crippen LogP contribution is 2.26. The molecule has 0 radical (unpaired) electrons. The lowest BCUT2D eigenvalue weighted by Gasteiger charge is -2.26. The van der Waals surface area contributed by atoms with E-state index in [0.717, 1.165) is 26.6 Å². The maximum Gasteiger partial charge on any atom is 0.264 e. The van der Waals surface area contributed by atoms with E-state index in [1.807, 2.05) is 26.8 Å². The molecular weight excluding hydrogens is 427 g/mol. The molecule has 0 fully saturated rings. The molecule has 0 unspecified atom stereocenters. The first-order valence-electron chi connectivity index (χ1n) is 10.3. The monoisotopic (exact) mass is 454 g/mol. The Labute approximate surface area is 188 Å². The van der Waals surface area contributed by atoms with Gasteiger partial charge in [-0.25, -0.2) is 12.8 Å². The predicted molar refractivity (Wildman–Crippen MR) is 125 cm³/mol. The Morgan fingerprint density at radius 2 is 1.56 bits per heavy atom. The summed E-state index contributed by atoms with van der Waals surface area (Å²) in [4.78, 5) is 13.0. The van der Waals surface area contributed by atoms with E-state index in [2.05, 4.69) is 5.32 Å². The average Bonchev–Trinajstić information content (AvgIpc) is 2.74. The highest BCUT2D eigenvalue weighted by Gasteiger charge is 2.28. The van der Waals surface area contributed by atoms with E-state index in [-0.39, 0.29) is 17.3 Å². The van der Waals surface area contributed by atoms with Crippen LogP contribution in [0.4, 0.5) is 10.1 Å². The van der Waals surface area contributed by atoms with E-state index < -0.39 is 22.0 Å². The van der Waals surface area contributed by atoms with Crippen molar-refractivity contribution >= 4 is 21.6 Å². The Morgan fingerprint density at radius 1 is 0.938 bits per heavy atom. The van der Waals surface area contributed by atoms with Crippen LogP contribution in [0.1, 0.15) is 35.2 Å². The van der Waals surface area contributed by atoms with Gasteiger partial charge in [-0.3, -0.25) is 9.10 Å². The molecule has 0 aromatic heterocycles. The Kier molecular flexibility index (Phi) is 6.99. The van der Waals surface area contributed by atoms with Gasteiger partial charge in [0, 0.05) is 0 Å². The highest BCUT2D eigenvalue weighted by molar-refractivity contribution is 7.92. The molecule has 1 amide bonds. The molecule has 0 spiro atoms. The van der Waals surface area contributed by atoms with Gasteiger partial charge in [0.05, 0.1) is 16.6 Å². The first-order valence-corrected chi connectivity index (χ1v) is 11.7. The van der Waals surface area contributed by atoms with Crippen molar-refractivity contribution in [3.63, 3.8) is 0 Å². The molecule has 3 aromatic carbocycles. The molecule has 0 aliphatic carbocycles. The SMILES string of the molecule is Cc1ccc(S(=O)(=O)N(CC(=O)N[C@H](C)c2ccc(F)cc2)c2ccc(C)c(C)c2)cc1. The van der Waals surface area contributed by atoms with E-state index >= 15 is 0 Å². The van der Waals surface area contributed by atoms with Crippen molar-refractivity contribution < 1.29 is 17.6 Å². The Bertz CT molecular complexity index is 1210. The van der Waals surface area contributed by atoms with E-state index in [0.29, 0.717) is 5.69 Å². The number of sulfonamides is 1. The molecule has 3 rings (SSSR count). The molecule has 0 heterocycles. The van der Waals surface area contributed by atoms with Gasteiger partial charge in [0.25, 0.3) is 10.0 Å². The fourth-order valence-corrected chi connectivity index (χ4v) is 4.70. The smallest absolute Gasteiger partial charge is 0.264 e. The molecule has 3 aromatic rings. The second-order valence-electron chi connectivity index (χ2n) is 7.93. The van der Waals surface area contributed by atoms with Crippen molar-refractivity contribution in [1.29, 1.82) is 0 Å². The molecule has 0 bridgehead atoms. The van der Waals surface area contributed by atoms with Crippen molar-refractivity contribution in [2.75, 3.05) is 10.8 Å². The number of hydrogen-bond acceptors (Lipinski definition) is 3. The zero-order chi connectivity index (χ0) is 23.5. The van der Waals surface area contributed by atoms with Crippen LogP contribution in [0.2, 0.25) is 0 Å². The number of benzene rings is 3. The Hall–Kier alpha value is -3.19. The van der Waals surface area contributed by atoms with Gasteiger partial charge in [0.2, 0.25) is 5.91 Å². The van der Waals surface area contributed by atoms with Gasteiger partial charge in [0.1, 0.15) is 12.4 Å². The van der Waals surface area contributed by atoms with Gasteiger partial charge in [-0.15, -0.1) is 0 Å². The standard InChI is InChI=1S/C25H27FN2O3S/c1-17-5-13-24(14-6-17)32(30,31)28(23-12-7-18(2)19(3)15-23)16-25(29)27-20(4)21-8-10-22(26)11-9-21/h5-15,20H,16H2,1-4H3,(H,27,29)/t20-/m1/s1. The number of halogens is 1. The zero-order valence-electron chi connectivity index (χ0n) is 18.6. The quantitative estimate of drug-likeness (QED) is 0.556. The number of carbonyl (C=O) groups is 1. The van der Waals surface area contributed by atoms with Crippen LogP contribution in [0.25, 0.3) is 0 Å². The van der Waals surface area contributed by atoms with E-state index in [1.54, 1.807) is 43.3 Å². The fraction of sp³-hybridized carbons (Fsp3) is 0.240. The van der Waals surface area contributed by atoms with Gasteiger partial charge in [0.15, 0.2) is 0 Å². The number of amides is 1. The first-order chi connectivity index (χ1) is 15.1. The van der Waals surface area contributed by atoms with Crippen molar-refractivity contribution in [2.24, 2.45) is 0 Å². The molecule has 168 valence electrons.